The first kappa shape index (κ1) is 22.3. The Balaban J connectivity index is 2.21. The summed E-state index contributed by atoms with van der Waals surface area (Å²) in [5.41, 5.74) is 4.94. The lowest BCUT2D eigenvalue weighted by Crippen LogP contribution is -2.39. The van der Waals surface area contributed by atoms with Crippen molar-refractivity contribution in [3.05, 3.63) is 12.2 Å². The molecule has 0 radical (unpaired) electrons. The number of amides is 3. The zero-order valence-electron chi connectivity index (χ0n) is 15.6. The Hall–Kier alpha value is -2.75. The first-order valence-corrected chi connectivity index (χ1v) is 8.50. The van der Waals surface area contributed by atoms with E-state index < -0.39 is 36.2 Å². The third-order valence-electron chi connectivity index (χ3n) is 3.34. The monoisotopic (exact) mass is 383 g/mol. The highest BCUT2D eigenvalue weighted by Crippen LogP contribution is 2.08. The van der Waals surface area contributed by atoms with Crippen LogP contribution in [0.1, 0.15) is 40.0 Å². The summed E-state index contributed by atoms with van der Waals surface area (Å²) in [7, 11) is 0. The van der Waals surface area contributed by atoms with Crippen molar-refractivity contribution < 1.29 is 33.4 Å². The number of unbranched alkanes of at least 4 members (excludes halogenated alkanes) is 1. The van der Waals surface area contributed by atoms with Crippen LogP contribution >= 0.6 is 0 Å². The average Bonchev–Trinajstić information content (AvgIpc) is 2.86. The highest BCUT2D eigenvalue weighted by atomic mass is 16.6. The Morgan fingerprint density at radius 2 is 1.74 bits per heavy atom. The van der Waals surface area contributed by atoms with Gasteiger partial charge in [-0.15, -0.1) is 0 Å². The predicted octanol–water partition coefficient (Wildman–Crippen LogP) is 0.00350. The molecule has 3 amide bonds. The quantitative estimate of drug-likeness (QED) is 0.258. The fraction of sp³-hybridized carbons (Fsp3) is 0.588. The molecular formula is C17H25N3O7. The lowest BCUT2D eigenvalue weighted by Gasteiger charge is -2.19. The second kappa shape index (κ2) is 9.81. The van der Waals surface area contributed by atoms with Gasteiger partial charge >= 0.3 is 18.0 Å². The van der Waals surface area contributed by atoms with Crippen molar-refractivity contribution in [3.8, 4) is 0 Å². The smallest absolute Gasteiger partial charge is 0.408 e. The van der Waals surface area contributed by atoms with E-state index in [9.17, 15) is 24.0 Å². The topological polar surface area (TPSA) is 145 Å². The van der Waals surface area contributed by atoms with Crippen LogP contribution in [0.2, 0.25) is 0 Å². The Bertz CT molecular complexity index is 619. The normalized spacial score (nSPS) is 14.9. The van der Waals surface area contributed by atoms with Crippen molar-refractivity contribution in [2.24, 2.45) is 5.73 Å². The van der Waals surface area contributed by atoms with Crippen LogP contribution < -0.4 is 11.1 Å². The van der Waals surface area contributed by atoms with Gasteiger partial charge in [0.2, 0.25) is 0 Å². The summed E-state index contributed by atoms with van der Waals surface area (Å²) >= 11 is 0. The Morgan fingerprint density at radius 3 is 2.30 bits per heavy atom. The molecule has 1 heterocycles. The SMILES string of the molecule is CC(C)(C)OC(=O)NCC(=O)OC(=O)C(N)CCCCN1C(=O)C=CC1=O. The number of rotatable bonds is 8. The number of nitrogens with zero attached hydrogens (tertiary/aromatic N) is 1. The maximum absolute atomic E-state index is 11.7. The van der Waals surface area contributed by atoms with Gasteiger partial charge in [-0.2, -0.15) is 0 Å². The van der Waals surface area contributed by atoms with Gasteiger partial charge in [0.1, 0.15) is 18.2 Å². The Morgan fingerprint density at radius 1 is 1.15 bits per heavy atom. The van der Waals surface area contributed by atoms with Gasteiger partial charge in [-0.1, -0.05) is 0 Å². The van der Waals surface area contributed by atoms with Crippen molar-refractivity contribution in [1.82, 2.24) is 10.2 Å². The molecule has 0 bridgehead atoms. The molecule has 0 fully saturated rings. The third kappa shape index (κ3) is 8.45. The number of alkyl carbamates (subject to hydrolysis) is 1. The maximum Gasteiger partial charge on any atom is 0.408 e. The Labute approximate surface area is 157 Å². The van der Waals surface area contributed by atoms with E-state index in [0.717, 1.165) is 4.90 Å². The molecule has 1 atom stereocenters. The van der Waals surface area contributed by atoms with Crippen LogP contribution in [0.3, 0.4) is 0 Å². The summed E-state index contributed by atoms with van der Waals surface area (Å²) in [5, 5.41) is 2.17. The molecule has 0 aliphatic carbocycles. The van der Waals surface area contributed by atoms with E-state index in [2.05, 4.69) is 10.1 Å². The summed E-state index contributed by atoms with van der Waals surface area (Å²) in [5.74, 6) is -2.61. The van der Waals surface area contributed by atoms with Crippen molar-refractivity contribution in [2.45, 2.75) is 51.7 Å². The number of nitrogens with two attached hydrogens (primary N) is 1. The van der Waals surface area contributed by atoms with Crippen LogP contribution in [-0.4, -0.2) is 59.5 Å². The number of nitrogens with one attached hydrogen (secondary N) is 1. The minimum atomic E-state index is -1.03. The van der Waals surface area contributed by atoms with Gasteiger partial charge in [0.25, 0.3) is 11.8 Å². The molecule has 10 heteroatoms. The van der Waals surface area contributed by atoms with Gasteiger partial charge in [0, 0.05) is 18.7 Å². The molecule has 0 aromatic rings. The van der Waals surface area contributed by atoms with Crippen molar-refractivity contribution in [3.63, 3.8) is 0 Å². The first-order valence-electron chi connectivity index (χ1n) is 8.50. The molecule has 3 N–H and O–H groups in total. The fourth-order valence-corrected chi connectivity index (χ4v) is 2.09. The van der Waals surface area contributed by atoms with Gasteiger partial charge in [0.15, 0.2) is 0 Å². The van der Waals surface area contributed by atoms with Crippen LogP contribution in [0.25, 0.3) is 0 Å². The first-order chi connectivity index (χ1) is 12.5. The molecule has 1 rings (SSSR count). The van der Waals surface area contributed by atoms with Crippen molar-refractivity contribution in [2.75, 3.05) is 13.1 Å². The molecule has 0 spiro atoms. The minimum Gasteiger partial charge on any atom is -0.444 e. The number of ether oxygens (including phenoxy) is 2. The summed E-state index contributed by atoms with van der Waals surface area (Å²) in [4.78, 5) is 58.5. The zero-order valence-corrected chi connectivity index (χ0v) is 15.6. The molecule has 0 aromatic carbocycles. The van der Waals surface area contributed by atoms with Crippen LogP contribution in [0.5, 0.6) is 0 Å². The van der Waals surface area contributed by atoms with E-state index in [4.69, 9.17) is 10.5 Å². The van der Waals surface area contributed by atoms with Gasteiger partial charge in [0.05, 0.1) is 0 Å². The van der Waals surface area contributed by atoms with Gasteiger partial charge < -0.3 is 20.5 Å². The van der Waals surface area contributed by atoms with Crippen molar-refractivity contribution in [1.29, 1.82) is 0 Å². The molecule has 0 aromatic heterocycles. The van der Waals surface area contributed by atoms with E-state index >= 15 is 0 Å². The zero-order chi connectivity index (χ0) is 20.6. The molecule has 150 valence electrons. The molecular weight excluding hydrogens is 358 g/mol. The van der Waals surface area contributed by atoms with Crippen LogP contribution in [0.4, 0.5) is 4.79 Å². The fourth-order valence-electron chi connectivity index (χ4n) is 2.09. The minimum absolute atomic E-state index is 0.218. The summed E-state index contributed by atoms with van der Waals surface area (Å²) in [6.45, 7) is 4.70. The molecule has 0 saturated carbocycles. The number of imide groups is 1. The summed E-state index contributed by atoms with van der Waals surface area (Å²) in [6.07, 6.45) is 2.73. The largest absolute Gasteiger partial charge is 0.444 e. The number of carbonyl (C=O) groups is 5. The standard InChI is InChI=1S/C17H25N3O7/c1-17(2,3)27-16(25)19-10-14(23)26-15(24)11(18)6-4-5-9-20-12(21)7-8-13(20)22/h7-8,11H,4-6,9-10,18H2,1-3H3,(H,19,25). The van der Waals surface area contributed by atoms with E-state index in [-0.39, 0.29) is 24.8 Å². The molecule has 10 nitrogen and oxygen atoms in total. The molecule has 1 aliphatic heterocycles. The number of esters is 2. The molecule has 1 aliphatic rings. The predicted molar refractivity (Wildman–Crippen MR) is 93.0 cm³/mol. The van der Waals surface area contributed by atoms with E-state index in [1.807, 2.05) is 0 Å². The van der Waals surface area contributed by atoms with Crippen LogP contribution in [0.15, 0.2) is 12.2 Å². The second-order valence-electron chi connectivity index (χ2n) is 6.91. The van der Waals surface area contributed by atoms with Gasteiger partial charge in [-0.25, -0.2) is 14.4 Å². The van der Waals surface area contributed by atoms with Gasteiger partial charge in [-0.05, 0) is 40.0 Å². The highest BCUT2D eigenvalue weighted by Gasteiger charge is 2.23. The van der Waals surface area contributed by atoms with Crippen molar-refractivity contribution >= 4 is 29.8 Å². The second-order valence-corrected chi connectivity index (χ2v) is 6.91. The van der Waals surface area contributed by atoms with E-state index in [1.54, 1.807) is 20.8 Å². The number of hydrogen-bond acceptors (Lipinski definition) is 8. The summed E-state index contributed by atoms with van der Waals surface area (Å²) in [6, 6.07) is -1.03. The number of hydrogen-bond donors (Lipinski definition) is 2. The van der Waals surface area contributed by atoms with Crippen LogP contribution in [-0.2, 0) is 28.7 Å². The average molecular weight is 383 g/mol. The highest BCUT2D eigenvalue weighted by molar-refractivity contribution is 6.12. The third-order valence-corrected chi connectivity index (χ3v) is 3.34. The Kier molecular flexibility index (Phi) is 8.10. The van der Waals surface area contributed by atoms with E-state index in [1.165, 1.54) is 12.2 Å². The van der Waals surface area contributed by atoms with Gasteiger partial charge in [-0.3, -0.25) is 14.5 Å². The maximum atomic E-state index is 11.7. The number of carbonyl (C=O) groups excluding carboxylic acids is 5. The molecule has 27 heavy (non-hydrogen) atoms. The van der Waals surface area contributed by atoms with Crippen LogP contribution in [0, 0.1) is 0 Å². The molecule has 0 saturated heterocycles. The lowest BCUT2D eigenvalue weighted by molar-refractivity contribution is -0.160. The summed E-state index contributed by atoms with van der Waals surface area (Å²) < 4.78 is 9.50. The molecule has 1 unspecified atom stereocenters. The lowest BCUT2D eigenvalue weighted by atomic mass is 10.1. The van der Waals surface area contributed by atoms with E-state index in [0.29, 0.717) is 12.8 Å².